The summed E-state index contributed by atoms with van der Waals surface area (Å²) in [5.41, 5.74) is 8.97. The van der Waals surface area contributed by atoms with Crippen molar-refractivity contribution in [2.45, 2.75) is 6.92 Å². The maximum atomic E-state index is 9.87. The van der Waals surface area contributed by atoms with Crippen LogP contribution in [0.25, 0.3) is 11.1 Å². The summed E-state index contributed by atoms with van der Waals surface area (Å²) >= 11 is 0. The van der Waals surface area contributed by atoms with Gasteiger partial charge in [0, 0.05) is 16.8 Å². The number of methoxy groups -OCH3 is 1. The Bertz CT molecular complexity index is 550. The standard InChI is InChI=1S/C14H15NO2/c1-9-3-5-11(14(7-9)17-2)12-8-10(15)4-6-13(12)16/h3-8,16H,15H2,1-2H3. The first-order valence-electron chi connectivity index (χ1n) is 5.35. The second-order valence-corrected chi connectivity index (χ2v) is 3.98. The molecule has 3 nitrogen and oxygen atoms in total. The average molecular weight is 229 g/mol. The number of ether oxygens (including phenoxy) is 1. The third kappa shape index (κ3) is 2.18. The smallest absolute Gasteiger partial charge is 0.127 e. The predicted molar refractivity (Wildman–Crippen MR) is 69.2 cm³/mol. The fourth-order valence-corrected chi connectivity index (χ4v) is 1.79. The van der Waals surface area contributed by atoms with Gasteiger partial charge in [0.25, 0.3) is 0 Å². The van der Waals surface area contributed by atoms with Crippen LogP contribution in [-0.4, -0.2) is 12.2 Å². The van der Waals surface area contributed by atoms with Gasteiger partial charge in [0.05, 0.1) is 7.11 Å². The first-order chi connectivity index (χ1) is 8.11. The molecule has 0 heterocycles. The number of nitrogens with two attached hydrogens (primary N) is 1. The highest BCUT2D eigenvalue weighted by atomic mass is 16.5. The number of anilines is 1. The number of phenolic OH excluding ortho intramolecular Hbond substituents is 1. The van der Waals surface area contributed by atoms with E-state index in [1.807, 2.05) is 25.1 Å². The predicted octanol–water partition coefficient (Wildman–Crippen LogP) is 2.96. The molecule has 3 heteroatoms. The van der Waals surface area contributed by atoms with Crippen molar-refractivity contribution >= 4 is 5.69 Å². The summed E-state index contributed by atoms with van der Waals surface area (Å²) < 4.78 is 5.32. The summed E-state index contributed by atoms with van der Waals surface area (Å²) in [6.07, 6.45) is 0. The van der Waals surface area contributed by atoms with Crippen LogP contribution < -0.4 is 10.5 Å². The van der Waals surface area contributed by atoms with Crippen LogP contribution in [0.4, 0.5) is 5.69 Å². The third-order valence-corrected chi connectivity index (χ3v) is 2.67. The zero-order valence-corrected chi connectivity index (χ0v) is 9.90. The van der Waals surface area contributed by atoms with Gasteiger partial charge < -0.3 is 15.6 Å². The van der Waals surface area contributed by atoms with Crippen LogP contribution in [0.2, 0.25) is 0 Å². The number of hydrogen-bond acceptors (Lipinski definition) is 3. The highest BCUT2D eigenvalue weighted by molar-refractivity contribution is 5.78. The van der Waals surface area contributed by atoms with Crippen molar-refractivity contribution in [1.82, 2.24) is 0 Å². The number of hydrogen-bond donors (Lipinski definition) is 2. The lowest BCUT2D eigenvalue weighted by molar-refractivity contribution is 0.415. The van der Waals surface area contributed by atoms with Crippen LogP contribution >= 0.6 is 0 Å². The largest absolute Gasteiger partial charge is 0.507 e. The zero-order valence-electron chi connectivity index (χ0n) is 9.90. The molecule has 0 fully saturated rings. The van der Waals surface area contributed by atoms with E-state index in [4.69, 9.17) is 10.5 Å². The molecule has 2 aromatic carbocycles. The first-order valence-corrected chi connectivity index (χ1v) is 5.35. The van der Waals surface area contributed by atoms with Crippen molar-refractivity contribution in [2.75, 3.05) is 12.8 Å². The summed E-state index contributed by atoms with van der Waals surface area (Å²) in [6.45, 7) is 1.99. The molecule has 2 rings (SSSR count). The molecule has 0 spiro atoms. The van der Waals surface area contributed by atoms with E-state index < -0.39 is 0 Å². The molecule has 0 bridgehead atoms. The summed E-state index contributed by atoms with van der Waals surface area (Å²) in [4.78, 5) is 0. The highest BCUT2D eigenvalue weighted by Crippen LogP contribution is 2.37. The summed E-state index contributed by atoms with van der Waals surface area (Å²) in [5.74, 6) is 0.923. The van der Waals surface area contributed by atoms with Gasteiger partial charge in [-0.05, 0) is 36.8 Å². The van der Waals surface area contributed by atoms with E-state index in [1.165, 1.54) is 0 Å². The van der Waals surface area contributed by atoms with Gasteiger partial charge in [-0.2, -0.15) is 0 Å². The van der Waals surface area contributed by atoms with Gasteiger partial charge in [0.2, 0.25) is 0 Å². The van der Waals surface area contributed by atoms with E-state index in [0.717, 1.165) is 16.9 Å². The fraction of sp³-hybridized carbons (Fsp3) is 0.143. The lowest BCUT2D eigenvalue weighted by Gasteiger charge is -2.11. The minimum Gasteiger partial charge on any atom is -0.507 e. The fourth-order valence-electron chi connectivity index (χ4n) is 1.79. The number of benzene rings is 2. The van der Waals surface area contributed by atoms with Crippen LogP contribution in [0, 0.1) is 6.92 Å². The van der Waals surface area contributed by atoms with Gasteiger partial charge in [-0.3, -0.25) is 0 Å². The molecule has 0 aliphatic heterocycles. The summed E-state index contributed by atoms with van der Waals surface area (Å²) in [7, 11) is 1.61. The van der Waals surface area contributed by atoms with Gasteiger partial charge in [-0.15, -0.1) is 0 Å². The quantitative estimate of drug-likeness (QED) is 0.615. The second-order valence-electron chi connectivity index (χ2n) is 3.98. The second kappa shape index (κ2) is 4.37. The molecule has 0 saturated heterocycles. The van der Waals surface area contributed by atoms with Crippen molar-refractivity contribution in [3.05, 3.63) is 42.0 Å². The topological polar surface area (TPSA) is 55.5 Å². The molecule has 3 N–H and O–H groups in total. The van der Waals surface area contributed by atoms with Gasteiger partial charge in [0.15, 0.2) is 0 Å². The first kappa shape index (κ1) is 11.3. The van der Waals surface area contributed by atoms with Gasteiger partial charge in [-0.25, -0.2) is 0 Å². The lowest BCUT2D eigenvalue weighted by atomic mass is 10.0. The molecule has 88 valence electrons. The molecule has 2 aromatic rings. The molecule has 0 aromatic heterocycles. The van der Waals surface area contributed by atoms with Crippen LogP contribution in [0.15, 0.2) is 36.4 Å². The van der Waals surface area contributed by atoms with Gasteiger partial charge in [0.1, 0.15) is 11.5 Å². The van der Waals surface area contributed by atoms with Crippen molar-refractivity contribution in [1.29, 1.82) is 0 Å². The van der Waals surface area contributed by atoms with Crippen LogP contribution in [0.3, 0.4) is 0 Å². The maximum absolute atomic E-state index is 9.87. The van der Waals surface area contributed by atoms with Crippen LogP contribution in [0.5, 0.6) is 11.5 Å². The normalized spacial score (nSPS) is 10.2. The van der Waals surface area contributed by atoms with Crippen molar-refractivity contribution in [2.24, 2.45) is 0 Å². The van der Waals surface area contributed by atoms with Crippen molar-refractivity contribution in [3.63, 3.8) is 0 Å². The molecule has 17 heavy (non-hydrogen) atoms. The molecule has 0 atom stereocenters. The number of rotatable bonds is 2. The third-order valence-electron chi connectivity index (χ3n) is 2.67. The Morgan fingerprint density at radius 3 is 2.53 bits per heavy atom. The Kier molecular flexibility index (Phi) is 2.91. The van der Waals surface area contributed by atoms with Crippen molar-refractivity contribution in [3.8, 4) is 22.6 Å². The number of aryl methyl sites for hydroxylation is 1. The molecule has 0 amide bonds. The minimum atomic E-state index is 0.196. The van der Waals surface area contributed by atoms with Crippen molar-refractivity contribution < 1.29 is 9.84 Å². The molecule has 0 unspecified atom stereocenters. The summed E-state index contributed by atoms with van der Waals surface area (Å²) in [5, 5.41) is 9.87. The van der Waals surface area contributed by atoms with E-state index in [-0.39, 0.29) is 5.75 Å². The Balaban J connectivity index is 2.63. The Morgan fingerprint density at radius 1 is 1.06 bits per heavy atom. The van der Waals surface area contributed by atoms with Gasteiger partial charge >= 0.3 is 0 Å². The summed E-state index contributed by atoms with van der Waals surface area (Å²) in [6, 6.07) is 10.8. The highest BCUT2D eigenvalue weighted by Gasteiger charge is 2.10. The maximum Gasteiger partial charge on any atom is 0.127 e. The van der Waals surface area contributed by atoms with Crippen LogP contribution in [0.1, 0.15) is 5.56 Å². The lowest BCUT2D eigenvalue weighted by Crippen LogP contribution is -1.91. The van der Waals surface area contributed by atoms with E-state index in [1.54, 1.807) is 25.3 Å². The molecule has 0 radical (unpaired) electrons. The molecule has 0 saturated carbocycles. The zero-order chi connectivity index (χ0) is 12.4. The van der Waals surface area contributed by atoms with E-state index in [9.17, 15) is 5.11 Å². The molecular weight excluding hydrogens is 214 g/mol. The Labute approximate surface area is 100 Å². The van der Waals surface area contributed by atoms with Crippen LogP contribution in [-0.2, 0) is 0 Å². The van der Waals surface area contributed by atoms with Gasteiger partial charge in [-0.1, -0.05) is 12.1 Å². The van der Waals surface area contributed by atoms with E-state index in [0.29, 0.717) is 11.3 Å². The molecular formula is C14H15NO2. The number of nitrogen functional groups attached to an aromatic ring is 1. The minimum absolute atomic E-state index is 0.196. The molecule has 0 aliphatic rings. The number of phenols is 1. The Morgan fingerprint density at radius 2 is 1.82 bits per heavy atom. The Hall–Kier alpha value is -2.16. The monoisotopic (exact) mass is 229 g/mol. The SMILES string of the molecule is COc1cc(C)ccc1-c1cc(N)ccc1O. The molecule has 0 aliphatic carbocycles. The average Bonchev–Trinajstić information content (AvgIpc) is 2.32. The van der Waals surface area contributed by atoms with E-state index in [2.05, 4.69) is 0 Å². The number of aromatic hydroxyl groups is 1. The van der Waals surface area contributed by atoms with E-state index >= 15 is 0 Å².